The third-order valence-electron chi connectivity index (χ3n) is 9.19. The smallest absolute Gasteiger partial charge is 0.262 e. The van der Waals surface area contributed by atoms with Crippen molar-refractivity contribution >= 4 is 34.8 Å². The fourth-order valence-electron chi connectivity index (χ4n) is 7.13. The zero-order chi connectivity index (χ0) is 32.8. The van der Waals surface area contributed by atoms with Crippen molar-refractivity contribution in [2.45, 2.75) is 72.8 Å². The van der Waals surface area contributed by atoms with Gasteiger partial charge in [0.05, 0.1) is 5.02 Å². The molecule has 238 valence electrons. The molecule has 0 atom stereocenters. The first kappa shape index (κ1) is 31.8. The molecule has 0 radical (unpaired) electrons. The third kappa shape index (κ3) is 6.54. The van der Waals surface area contributed by atoms with E-state index >= 15 is 0 Å². The molecule has 0 saturated heterocycles. The number of nitrogens with one attached hydrogen (secondary N) is 1. The Balaban J connectivity index is 1.37. The van der Waals surface area contributed by atoms with E-state index in [-0.39, 0.29) is 34.9 Å². The van der Waals surface area contributed by atoms with Gasteiger partial charge in [-0.05, 0) is 66.0 Å². The lowest BCUT2D eigenvalue weighted by Gasteiger charge is -2.49. The standard InChI is InChI=1S/C39H41ClN2O4/c1-24-11-14-27(15-12-24)41-34(45)23-46-33-16-13-26(17-28(33)40)35-36-29(18-38(2,3)20-31(36)43)42(22-25-9-7-6-8-10-25)30-19-39(4,5)21-32(44)37(30)35/h6-17,35H,18-23H2,1-5H3,(H,41,45). The Morgan fingerprint density at radius 1 is 0.848 bits per heavy atom. The topological polar surface area (TPSA) is 75.7 Å². The van der Waals surface area contributed by atoms with Crippen molar-refractivity contribution < 1.29 is 19.1 Å². The summed E-state index contributed by atoms with van der Waals surface area (Å²) in [4.78, 5) is 43.1. The minimum absolute atomic E-state index is 0.0720. The zero-order valence-corrected chi connectivity index (χ0v) is 28.0. The quantitative estimate of drug-likeness (QED) is 0.281. The van der Waals surface area contributed by atoms with E-state index in [0.29, 0.717) is 47.0 Å². The van der Waals surface area contributed by atoms with E-state index in [4.69, 9.17) is 16.3 Å². The number of aryl methyl sites for hydroxylation is 1. The second-order valence-corrected chi connectivity index (χ2v) is 14.9. The van der Waals surface area contributed by atoms with Gasteiger partial charge < -0.3 is 15.0 Å². The van der Waals surface area contributed by atoms with Gasteiger partial charge in [0.1, 0.15) is 5.75 Å². The average molecular weight is 637 g/mol. The van der Waals surface area contributed by atoms with Crippen molar-refractivity contribution in [1.29, 1.82) is 0 Å². The molecular weight excluding hydrogens is 596 g/mol. The Morgan fingerprint density at radius 2 is 1.43 bits per heavy atom. The highest BCUT2D eigenvalue weighted by atomic mass is 35.5. The van der Waals surface area contributed by atoms with Crippen molar-refractivity contribution in [2.75, 3.05) is 11.9 Å². The number of carbonyl (C=O) groups is 3. The molecule has 46 heavy (non-hydrogen) atoms. The normalized spacial score (nSPS) is 19.1. The van der Waals surface area contributed by atoms with Gasteiger partial charge in [0, 0.05) is 53.5 Å². The molecule has 0 unspecified atom stereocenters. The molecule has 1 N–H and O–H groups in total. The number of rotatable bonds is 7. The molecule has 7 heteroatoms. The first-order valence-corrected chi connectivity index (χ1v) is 16.3. The van der Waals surface area contributed by atoms with E-state index in [9.17, 15) is 14.4 Å². The summed E-state index contributed by atoms with van der Waals surface area (Å²) in [6.07, 6.45) is 2.28. The zero-order valence-electron chi connectivity index (χ0n) is 27.2. The van der Waals surface area contributed by atoms with Crippen LogP contribution in [0.5, 0.6) is 5.75 Å². The lowest BCUT2D eigenvalue weighted by Crippen LogP contribution is -2.44. The van der Waals surface area contributed by atoms with E-state index in [1.165, 1.54) is 0 Å². The number of benzene rings is 3. The monoisotopic (exact) mass is 636 g/mol. The van der Waals surface area contributed by atoms with Gasteiger partial charge in [-0.3, -0.25) is 14.4 Å². The van der Waals surface area contributed by atoms with E-state index in [1.807, 2.05) is 55.5 Å². The Hall–Kier alpha value is -4.16. The Morgan fingerprint density at radius 3 is 2.00 bits per heavy atom. The van der Waals surface area contributed by atoms with E-state index in [1.54, 1.807) is 12.1 Å². The number of allylic oxidation sites excluding steroid dienone is 4. The second-order valence-electron chi connectivity index (χ2n) is 14.5. The molecule has 6 nitrogen and oxygen atoms in total. The second kappa shape index (κ2) is 12.2. The number of ether oxygens (including phenoxy) is 1. The van der Waals surface area contributed by atoms with Gasteiger partial charge in [-0.25, -0.2) is 0 Å². The van der Waals surface area contributed by atoms with Crippen molar-refractivity contribution in [2.24, 2.45) is 10.8 Å². The van der Waals surface area contributed by atoms with Crippen molar-refractivity contribution in [3.05, 3.63) is 117 Å². The van der Waals surface area contributed by atoms with E-state index < -0.39 is 5.92 Å². The van der Waals surface area contributed by atoms with Crippen LogP contribution < -0.4 is 10.1 Å². The van der Waals surface area contributed by atoms with Crippen LogP contribution in [0.1, 0.15) is 76.0 Å². The maximum Gasteiger partial charge on any atom is 0.262 e. The molecule has 0 saturated carbocycles. The number of anilines is 1. The molecule has 0 spiro atoms. The van der Waals surface area contributed by atoms with Crippen LogP contribution >= 0.6 is 11.6 Å². The molecule has 3 aliphatic rings. The Bertz CT molecular complexity index is 1720. The van der Waals surface area contributed by atoms with Crippen LogP contribution in [-0.2, 0) is 20.9 Å². The first-order chi connectivity index (χ1) is 21.8. The van der Waals surface area contributed by atoms with Gasteiger partial charge in [-0.2, -0.15) is 0 Å². The fraction of sp³-hybridized carbons (Fsp3) is 0.359. The number of carbonyl (C=O) groups excluding carboxylic acids is 3. The van der Waals surface area contributed by atoms with Crippen LogP contribution in [-0.4, -0.2) is 29.0 Å². The number of hydrogen-bond acceptors (Lipinski definition) is 5. The number of Topliss-reactive ketones (excluding diaryl/α,β-unsaturated/α-hetero) is 2. The van der Waals surface area contributed by atoms with Gasteiger partial charge in [0.25, 0.3) is 5.91 Å². The molecule has 1 heterocycles. The van der Waals surface area contributed by atoms with Crippen molar-refractivity contribution in [3.8, 4) is 5.75 Å². The third-order valence-corrected chi connectivity index (χ3v) is 9.48. The summed E-state index contributed by atoms with van der Waals surface area (Å²) in [6, 6.07) is 23.2. The summed E-state index contributed by atoms with van der Waals surface area (Å²) < 4.78 is 5.82. The number of hydrogen-bond donors (Lipinski definition) is 1. The number of amides is 1. The summed E-state index contributed by atoms with van der Waals surface area (Å²) in [5.41, 5.74) is 6.68. The highest BCUT2D eigenvalue weighted by Crippen LogP contribution is 2.55. The molecule has 3 aromatic carbocycles. The minimum atomic E-state index is -0.513. The Labute approximate surface area is 276 Å². The molecule has 0 fully saturated rings. The van der Waals surface area contributed by atoms with Crippen LogP contribution in [0.15, 0.2) is 95.3 Å². The predicted octanol–water partition coefficient (Wildman–Crippen LogP) is 8.55. The number of halogens is 1. The Kier molecular flexibility index (Phi) is 8.45. The number of nitrogens with zero attached hydrogens (tertiary/aromatic N) is 1. The summed E-state index contributed by atoms with van der Waals surface area (Å²) >= 11 is 6.79. The van der Waals surface area contributed by atoms with Gasteiger partial charge in [0.15, 0.2) is 18.2 Å². The average Bonchev–Trinajstić information content (AvgIpc) is 2.98. The first-order valence-electron chi connectivity index (χ1n) is 15.9. The van der Waals surface area contributed by atoms with Crippen molar-refractivity contribution in [3.63, 3.8) is 0 Å². The van der Waals surface area contributed by atoms with Crippen LogP contribution in [0.2, 0.25) is 5.02 Å². The van der Waals surface area contributed by atoms with Gasteiger partial charge >= 0.3 is 0 Å². The molecule has 6 rings (SSSR count). The van der Waals surface area contributed by atoms with Crippen LogP contribution in [0.25, 0.3) is 0 Å². The molecule has 1 amide bonds. The van der Waals surface area contributed by atoms with Gasteiger partial charge in [-0.15, -0.1) is 0 Å². The maximum atomic E-state index is 14.1. The highest BCUT2D eigenvalue weighted by molar-refractivity contribution is 6.32. The maximum absolute atomic E-state index is 14.1. The van der Waals surface area contributed by atoms with Crippen LogP contribution in [0.4, 0.5) is 5.69 Å². The lowest BCUT2D eigenvalue weighted by atomic mass is 9.63. The summed E-state index contributed by atoms with van der Waals surface area (Å²) in [5, 5.41) is 3.15. The largest absolute Gasteiger partial charge is 0.482 e. The predicted molar refractivity (Wildman–Crippen MR) is 182 cm³/mol. The molecular formula is C39H41ClN2O4. The SMILES string of the molecule is Cc1ccc(NC(=O)COc2ccc(C3C4=C(CC(C)(C)CC4=O)N(Cc4ccccc4)C4=C3C(=O)CC(C)(C)C4)cc2Cl)cc1. The summed E-state index contributed by atoms with van der Waals surface area (Å²) in [6.45, 7) is 10.9. The minimum Gasteiger partial charge on any atom is -0.482 e. The summed E-state index contributed by atoms with van der Waals surface area (Å²) in [7, 11) is 0. The van der Waals surface area contributed by atoms with Crippen LogP contribution in [0.3, 0.4) is 0 Å². The van der Waals surface area contributed by atoms with Crippen molar-refractivity contribution in [1.82, 2.24) is 4.90 Å². The number of ketones is 2. The van der Waals surface area contributed by atoms with Gasteiger partial charge in [-0.1, -0.05) is 93.4 Å². The molecule has 1 aliphatic heterocycles. The lowest BCUT2D eigenvalue weighted by molar-refractivity contribution is -0.120. The molecule has 0 bridgehead atoms. The fourth-order valence-corrected chi connectivity index (χ4v) is 7.37. The van der Waals surface area contributed by atoms with E-state index in [0.717, 1.165) is 40.9 Å². The molecule has 3 aromatic rings. The molecule has 2 aliphatic carbocycles. The van der Waals surface area contributed by atoms with Gasteiger partial charge in [0.2, 0.25) is 0 Å². The summed E-state index contributed by atoms with van der Waals surface area (Å²) in [5.74, 6) is -0.308. The highest BCUT2D eigenvalue weighted by Gasteiger charge is 2.49. The van der Waals surface area contributed by atoms with Crippen LogP contribution in [0, 0.1) is 17.8 Å². The molecule has 0 aromatic heterocycles. The van der Waals surface area contributed by atoms with E-state index in [2.05, 4.69) is 50.0 Å².